The number of amides is 2. The van der Waals surface area contributed by atoms with Gasteiger partial charge in [-0.25, -0.2) is 4.79 Å². The lowest BCUT2D eigenvalue weighted by atomic mass is 10.1. The van der Waals surface area contributed by atoms with Gasteiger partial charge >= 0.3 is 6.03 Å². The number of ether oxygens (including phenoxy) is 2. The molecule has 8 nitrogen and oxygen atoms in total. The summed E-state index contributed by atoms with van der Waals surface area (Å²) in [5, 5.41) is 12.6. The molecule has 1 fully saturated rings. The summed E-state index contributed by atoms with van der Waals surface area (Å²) < 4.78 is 10.8. The van der Waals surface area contributed by atoms with E-state index in [0.29, 0.717) is 59.1 Å². The number of hydrogen-bond acceptors (Lipinski definition) is 6. The van der Waals surface area contributed by atoms with Crippen LogP contribution in [0.1, 0.15) is 0 Å². The van der Waals surface area contributed by atoms with Gasteiger partial charge in [0.25, 0.3) is 0 Å². The summed E-state index contributed by atoms with van der Waals surface area (Å²) in [6.45, 7) is 2.34. The van der Waals surface area contributed by atoms with E-state index in [1.165, 1.54) is 0 Å². The molecule has 1 aliphatic rings. The zero-order valence-corrected chi connectivity index (χ0v) is 19.7. The normalized spacial score (nSPS) is 13.6. The summed E-state index contributed by atoms with van der Waals surface area (Å²) in [7, 11) is 3.23. The van der Waals surface area contributed by atoms with E-state index in [-0.39, 0.29) is 6.03 Å². The van der Waals surface area contributed by atoms with Gasteiger partial charge < -0.3 is 24.6 Å². The molecule has 0 aliphatic carbocycles. The molecule has 0 atom stereocenters. The molecule has 1 N–H and O–H groups in total. The van der Waals surface area contributed by atoms with Gasteiger partial charge in [0.2, 0.25) is 0 Å². The smallest absolute Gasteiger partial charge is 0.322 e. The minimum atomic E-state index is -0.217. The Kier molecular flexibility index (Phi) is 7.05. The van der Waals surface area contributed by atoms with Crippen LogP contribution < -0.4 is 19.7 Å². The third kappa shape index (κ3) is 5.23. The van der Waals surface area contributed by atoms with Crippen molar-refractivity contribution in [3.63, 3.8) is 0 Å². The minimum Gasteiger partial charge on any atom is -0.497 e. The van der Waals surface area contributed by atoms with Crippen LogP contribution >= 0.6 is 23.2 Å². The molecule has 0 radical (unpaired) electrons. The van der Waals surface area contributed by atoms with E-state index in [1.54, 1.807) is 37.3 Å². The lowest BCUT2D eigenvalue weighted by molar-refractivity contribution is 0.208. The minimum absolute atomic E-state index is 0.217. The molecule has 2 aromatic carbocycles. The Morgan fingerprint density at radius 1 is 0.939 bits per heavy atom. The largest absolute Gasteiger partial charge is 0.497 e. The van der Waals surface area contributed by atoms with Crippen LogP contribution in [0, 0.1) is 0 Å². The fourth-order valence-electron chi connectivity index (χ4n) is 3.58. The van der Waals surface area contributed by atoms with Crippen molar-refractivity contribution in [3.8, 4) is 22.8 Å². The Morgan fingerprint density at radius 2 is 1.73 bits per heavy atom. The number of aromatic nitrogens is 2. The van der Waals surface area contributed by atoms with E-state index in [4.69, 9.17) is 32.7 Å². The Bertz CT molecular complexity index is 1140. The predicted molar refractivity (Wildman–Crippen MR) is 130 cm³/mol. The molecular formula is C23H23Cl2N5O3. The van der Waals surface area contributed by atoms with E-state index in [2.05, 4.69) is 20.4 Å². The third-order valence-electron chi connectivity index (χ3n) is 5.39. The SMILES string of the molecule is COc1ccc(OC)c(-c2ccc(N3CCN(C(=O)Nc4cc(Cl)ccc4Cl)CC3)nn2)c1. The van der Waals surface area contributed by atoms with Crippen molar-refractivity contribution >= 4 is 40.7 Å². The maximum atomic E-state index is 12.6. The molecule has 0 bridgehead atoms. The van der Waals surface area contributed by atoms with Gasteiger partial charge in [-0.1, -0.05) is 23.2 Å². The second-order valence-electron chi connectivity index (χ2n) is 7.37. The lowest BCUT2D eigenvalue weighted by Gasteiger charge is -2.35. The molecular weight excluding hydrogens is 465 g/mol. The van der Waals surface area contributed by atoms with Crippen molar-refractivity contribution < 1.29 is 14.3 Å². The molecule has 1 aromatic heterocycles. The second-order valence-corrected chi connectivity index (χ2v) is 8.22. The Labute approximate surface area is 202 Å². The third-order valence-corrected chi connectivity index (χ3v) is 5.96. The monoisotopic (exact) mass is 487 g/mol. The van der Waals surface area contributed by atoms with Crippen LogP contribution in [0.5, 0.6) is 11.5 Å². The van der Waals surface area contributed by atoms with Crippen LogP contribution in [0.2, 0.25) is 10.0 Å². The van der Waals surface area contributed by atoms with Gasteiger partial charge in [0.1, 0.15) is 11.5 Å². The van der Waals surface area contributed by atoms with Crippen LogP contribution in [-0.4, -0.2) is 61.5 Å². The van der Waals surface area contributed by atoms with E-state index in [0.717, 1.165) is 11.4 Å². The molecule has 0 spiro atoms. The molecule has 2 heterocycles. The number of rotatable bonds is 5. The predicted octanol–water partition coefficient (Wildman–Crippen LogP) is 4.82. The highest BCUT2D eigenvalue weighted by Crippen LogP contribution is 2.32. The van der Waals surface area contributed by atoms with Crippen molar-refractivity contribution in [3.05, 3.63) is 58.6 Å². The van der Waals surface area contributed by atoms with Gasteiger partial charge in [-0.05, 0) is 48.5 Å². The van der Waals surface area contributed by atoms with Crippen molar-refractivity contribution in [2.24, 2.45) is 0 Å². The fraction of sp³-hybridized carbons (Fsp3) is 0.261. The fourth-order valence-corrected chi connectivity index (χ4v) is 3.91. The topological polar surface area (TPSA) is 79.8 Å². The first-order valence-corrected chi connectivity index (χ1v) is 11.1. The number of carbonyl (C=O) groups excluding carboxylic acids is 1. The Hall–Kier alpha value is -3.23. The quantitative estimate of drug-likeness (QED) is 0.555. The average Bonchev–Trinajstić information content (AvgIpc) is 2.86. The first-order chi connectivity index (χ1) is 16.0. The molecule has 2 amide bonds. The number of halogens is 2. The zero-order valence-electron chi connectivity index (χ0n) is 18.2. The molecule has 4 rings (SSSR count). The Balaban J connectivity index is 1.39. The summed E-state index contributed by atoms with van der Waals surface area (Å²) in [6, 6.07) is 14.1. The van der Waals surface area contributed by atoms with Crippen LogP contribution in [0.15, 0.2) is 48.5 Å². The molecule has 1 aliphatic heterocycles. The summed E-state index contributed by atoms with van der Waals surface area (Å²) in [5.74, 6) is 2.15. The van der Waals surface area contributed by atoms with E-state index < -0.39 is 0 Å². The maximum absolute atomic E-state index is 12.6. The zero-order chi connectivity index (χ0) is 23.4. The first kappa shape index (κ1) is 22.9. The molecule has 33 heavy (non-hydrogen) atoms. The van der Waals surface area contributed by atoms with Crippen molar-refractivity contribution in [2.75, 3.05) is 50.6 Å². The highest BCUT2D eigenvalue weighted by Gasteiger charge is 2.23. The van der Waals surface area contributed by atoms with Gasteiger partial charge in [0.05, 0.1) is 30.6 Å². The number of carbonyl (C=O) groups is 1. The number of urea groups is 1. The second kappa shape index (κ2) is 10.1. The van der Waals surface area contributed by atoms with Crippen molar-refractivity contribution in [1.82, 2.24) is 15.1 Å². The summed E-state index contributed by atoms with van der Waals surface area (Å²) >= 11 is 12.1. The molecule has 172 valence electrons. The molecule has 10 heteroatoms. The highest BCUT2D eigenvalue weighted by molar-refractivity contribution is 6.35. The maximum Gasteiger partial charge on any atom is 0.322 e. The van der Waals surface area contributed by atoms with Crippen LogP contribution in [0.4, 0.5) is 16.3 Å². The van der Waals surface area contributed by atoms with Crippen LogP contribution in [0.3, 0.4) is 0 Å². The average molecular weight is 488 g/mol. The van der Waals surface area contributed by atoms with E-state index in [9.17, 15) is 4.79 Å². The number of nitrogens with zero attached hydrogens (tertiary/aromatic N) is 4. The van der Waals surface area contributed by atoms with Gasteiger partial charge in [0, 0.05) is 36.8 Å². The number of hydrogen-bond donors (Lipinski definition) is 1. The summed E-state index contributed by atoms with van der Waals surface area (Å²) in [6.07, 6.45) is 0. The number of methoxy groups -OCH3 is 2. The molecule has 0 saturated carbocycles. The van der Waals surface area contributed by atoms with Crippen LogP contribution in [-0.2, 0) is 0 Å². The molecule has 1 saturated heterocycles. The van der Waals surface area contributed by atoms with Gasteiger partial charge in [0.15, 0.2) is 5.82 Å². The number of benzene rings is 2. The van der Waals surface area contributed by atoms with E-state index >= 15 is 0 Å². The van der Waals surface area contributed by atoms with E-state index in [1.807, 2.05) is 30.3 Å². The first-order valence-electron chi connectivity index (χ1n) is 10.3. The molecule has 0 unspecified atom stereocenters. The van der Waals surface area contributed by atoms with Crippen molar-refractivity contribution in [2.45, 2.75) is 0 Å². The number of piperazine rings is 1. The highest BCUT2D eigenvalue weighted by atomic mass is 35.5. The van der Waals surface area contributed by atoms with Crippen molar-refractivity contribution in [1.29, 1.82) is 0 Å². The summed E-state index contributed by atoms with van der Waals surface area (Å²) in [5.41, 5.74) is 1.98. The summed E-state index contributed by atoms with van der Waals surface area (Å²) in [4.78, 5) is 16.5. The lowest BCUT2D eigenvalue weighted by Crippen LogP contribution is -2.50. The number of anilines is 2. The standard InChI is InChI=1S/C23H23Cl2N5O3/c1-32-16-4-7-21(33-2)17(14-16)19-6-8-22(28-27-19)29-9-11-30(12-10-29)23(31)26-20-13-15(24)3-5-18(20)25/h3-8,13-14H,9-12H2,1-2H3,(H,26,31). The Morgan fingerprint density at radius 3 is 2.39 bits per heavy atom. The van der Waals surface area contributed by atoms with Crippen LogP contribution in [0.25, 0.3) is 11.3 Å². The van der Waals surface area contributed by atoms with Gasteiger partial charge in [-0.2, -0.15) is 0 Å². The number of nitrogens with one attached hydrogen (secondary N) is 1. The molecule has 3 aromatic rings. The van der Waals surface area contributed by atoms with Gasteiger partial charge in [-0.3, -0.25) is 0 Å². The van der Waals surface area contributed by atoms with Gasteiger partial charge in [-0.15, -0.1) is 10.2 Å².